The van der Waals surface area contributed by atoms with Gasteiger partial charge in [0, 0.05) is 12.5 Å². The van der Waals surface area contributed by atoms with Gasteiger partial charge in [0.25, 0.3) is 5.92 Å². The lowest BCUT2D eigenvalue weighted by atomic mass is 10.2. The molecule has 0 atom stereocenters. The molecule has 5 heteroatoms. The minimum atomic E-state index is -2.75. The van der Waals surface area contributed by atoms with Gasteiger partial charge in [0.05, 0.1) is 7.11 Å². The van der Waals surface area contributed by atoms with Crippen LogP contribution in [0.15, 0.2) is 18.2 Å². The molecule has 1 aliphatic rings. The van der Waals surface area contributed by atoms with Gasteiger partial charge in [0.2, 0.25) is 0 Å². The summed E-state index contributed by atoms with van der Waals surface area (Å²) in [5, 5.41) is 0. The fraction of sp³-hybridized carbons (Fsp3) is 0.538. The van der Waals surface area contributed by atoms with Crippen LogP contribution in [0.4, 0.5) is 8.78 Å². The predicted octanol–water partition coefficient (Wildman–Crippen LogP) is 2.58. The Morgan fingerprint density at radius 2 is 2.06 bits per heavy atom. The van der Waals surface area contributed by atoms with Crippen molar-refractivity contribution in [2.45, 2.75) is 25.3 Å². The number of nitrogens with two attached hydrogens (primary N) is 1. The number of alkyl halides is 2. The van der Waals surface area contributed by atoms with Crippen molar-refractivity contribution in [2.24, 2.45) is 11.7 Å². The third-order valence-corrected chi connectivity index (χ3v) is 3.06. The van der Waals surface area contributed by atoms with E-state index >= 15 is 0 Å². The van der Waals surface area contributed by atoms with Crippen LogP contribution in [0.2, 0.25) is 0 Å². The summed E-state index contributed by atoms with van der Waals surface area (Å²) in [7, 11) is 1.47. The van der Waals surface area contributed by atoms with Gasteiger partial charge in [0.15, 0.2) is 18.1 Å². The zero-order valence-corrected chi connectivity index (χ0v) is 10.3. The molecule has 1 saturated carbocycles. The van der Waals surface area contributed by atoms with Crippen molar-refractivity contribution in [3.63, 3.8) is 0 Å². The summed E-state index contributed by atoms with van der Waals surface area (Å²) in [4.78, 5) is 0. The first-order valence-electron chi connectivity index (χ1n) is 5.94. The van der Waals surface area contributed by atoms with Crippen LogP contribution in [0, 0.1) is 5.92 Å². The van der Waals surface area contributed by atoms with Gasteiger partial charge in [-0.1, -0.05) is 6.07 Å². The molecule has 100 valence electrons. The van der Waals surface area contributed by atoms with E-state index in [0.29, 0.717) is 30.9 Å². The predicted molar refractivity (Wildman–Crippen MR) is 64.1 cm³/mol. The lowest BCUT2D eigenvalue weighted by molar-refractivity contribution is -0.0606. The van der Waals surface area contributed by atoms with Gasteiger partial charge in [-0.15, -0.1) is 0 Å². The number of rotatable bonds is 6. The van der Waals surface area contributed by atoms with E-state index in [1.165, 1.54) is 7.11 Å². The highest BCUT2D eigenvalue weighted by Crippen LogP contribution is 2.43. The van der Waals surface area contributed by atoms with Crippen LogP contribution in [0.5, 0.6) is 11.5 Å². The third-order valence-electron chi connectivity index (χ3n) is 3.06. The average Bonchev–Trinajstić information content (AvgIpc) is 3.20. The van der Waals surface area contributed by atoms with Crippen molar-refractivity contribution >= 4 is 0 Å². The minimum absolute atomic E-state index is 0.329. The molecule has 1 aliphatic carbocycles. The molecule has 0 aromatic heterocycles. The molecule has 3 nitrogen and oxygen atoms in total. The molecule has 1 fully saturated rings. The van der Waals surface area contributed by atoms with Crippen molar-refractivity contribution in [3.8, 4) is 11.5 Å². The quantitative estimate of drug-likeness (QED) is 0.851. The van der Waals surface area contributed by atoms with Gasteiger partial charge >= 0.3 is 0 Å². The van der Waals surface area contributed by atoms with Crippen LogP contribution in [0.25, 0.3) is 0 Å². The number of benzene rings is 1. The largest absolute Gasteiger partial charge is 0.493 e. The molecule has 1 aromatic rings. The van der Waals surface area contributed by atoms with E-state index in [2.05, 4.69) is 0 Å². The average molecular weight is 257 g/mol. The molecule has 0 unspecified atom stereocenters. The fourth-order valence-corrected chi connectivity index (χ4v) is 1.76. The van der Waals surface area contributed by atoms with Crippen LogP contribution < -0.4 is 15.2 Å². The fourth-order valence-electron chi connectivity index (χ4n) is 1.76. The maximum absolute atomic E-state index is 13.5. The lowest BCUT2D eigenvalue weighted by Gasteiger charge is -2.18. The van der Waals surface area contributed by atoms with E-state index in [1.807, 2.05) is 0 Å². The van der Waals surface area contributed by atoms with Gasteiger partial charge < -0.3 is 15.2 Å². The van der Waals surface area contributed by atoms with E-state index < -0.39 is 18.4 Å². The highest BCUT2D eigenvalue weighted by atomic mass is 19.3. The van der Waals surface area contributed by atoms with E-state index in [9.17, 15) is 8.78 Å². The standard InChI is InChI=1S/C13H17F2NO2/c1-17-12-6-9(7-16)2-5-11(12)18-8-13(14,15)10-3-4-10/h2,5-6,10H,3-4,7-8,16H2,1H3. The first-order chi connectivity index (χ1) is 8.56. The summed E-state index contributed by atoms with van der Waals surface area (Å²) in [6, 6.07) is 5.06. The van der Waals surface area contributed by atoms with E-state index in [1.54, 1.807) is 18.2 Å². The van der Waals surface area contributed by atoms with E-state index in [-0.39, 0.29) is 0 Å². The van der Waals surface area contributed by atoms with Gasteiger partial charge in [-0.25, -0.2) is 8.78 Å². The molecule has 2 N–H and O–H groups in total. The maximum Gasteiger partial charge on any atom is 0.284 e. The SMILES string of the molecule is COc1cc(CN)ccc1OCC(F)(F)C1CC1. The topological polar surface area (TPSA) is 44.5 Å². The molecular formula is C13H17F2NO2. The smallest absolute Gasteiger partial charge is 0.284 e. The Bertz CT molecular complexity index is 419. The lowest BCUT2D eigenvalue weighted by Crippen LogP contribution is -2.28. The molecule has 0 saturated heterocycles. The van der Waals surface area contributed by atoms with Gasteiger partial charge in [-0.05, 0) is 30.5 Å². The normalized spacial score (nSPS) is 15.6. The molecular weight excluding hydrogens is 240 g/mol. The Hall–Kier alpha value is -1.36. The number of hydrogen-bond donors (Lipinski definition) is 1. The molecule has 0 spiro atoms. The molecule has 2 rings (SSSR count). The monoisotopic (exact) mass is 257 g/mol. The number of methoxy groups -OCH3 is 1. The summed E-state index contributed by atoms with van der Waals surface area (Å²) < 4.78 is 37.3. The molecule has 18 heavy (non-hydrogen) atoms. The molecule has 0 bridgehead atoms. The van der Waals surface area contributed by atoms with Crippen LogP contribution in [0.3, 0.4) is 0 Å². The second-order valence-corrected chi connectivity index (χ2v) is 4.51. The van der Waals surface area contributed by atoms with Crippen molar-refractivity contribution < 1.29 is 18.3 Å². The van der Waals surface area contributed by atoms with E-state index in [0.717, 1.165) is 5.56 Å². The number of ether oxygens (including phenoxy) is 2. The highest BCUT2D eigenvalue weighted by molar-refractivity contribution is 5.42. The third kappa shape index (κ3) is 2.90. The Kier molecular flexibility index (Phi) is 3.71. The molecule has 0 amide bonds. The zero-order valence-electron chi connectivity index (χ0n) is 10.3. The van der Waals surface area contributed by atoms with Crippen LogP contribution in [-0.4, -0.2) is 19.6 Å². The van der Waals surface area contributed by atoms with Gasteiger partial charge in [-0.2, -0.15) is 0 Å². The maximum atomic E-state index is 13.5. The zero-order chi connectivity index (χ0) is 13.2. The van der Waals surface area contributed by atoms with Crippen LogP contribution in [-0.2, 0) is 6.54 Å². The summed E-state index contributed by atoms with van der Waals surface area (Å²) in [6.45, 7) is -0.231. The van der Waals surface area contributed by atoms with Crippen LogP contribution in [0.1, 0.15) is 18.4 Å². The Balaban J connectivity index is 2.04. The molecule has 0 aliphatic heterocycles. The number of hydrogen-bond acceptors (Lipinski definition) is 3. The van der Waals surface area contributed by atoms with Crippen molar-refractivity contribution in [1.29, 1.82) is 0 Å². The van der Waals surface area contributed by atoms with Crippen molar-refractivity contribution in [2.75, 3.05) is 13.7 Å². The summed E-state index contributed by atoms with van der Waals surface area (Å²) in [6.07, 6.45) is 1.17. The molecule has 0 heterocycles. The van der Waals surface area contributed by atoms with Gasteiger partial charge in [0.1, 0.15) is 0 Å². The second-order valence-electron chi connectivity index (χ2n) is 4.51. The second kappa shape index (κ2) is 5.10. The summed E-state index contributed by atoms with van der Waals surface area (Å²) in [5.41, 5.74) is 6.37. The number of halogens is 2. The van der Waals surface area contributed by atoms with E-state index in [4.69, 9.17) is 15.2 Å². The Morgan fingerprint density at radius 3 is 2.61 bits per heavy atom. The highest BCUT2D eigenvalue weighted by Gasteiger charge is 2.47. The van der Waals surface area contributed by atoms with Crippen molar-refractivity contribution in [1.82, 2.24) is 0 Å². The first-order valence-corrected chi connectivity index (χ1v) is 5.94. The summed E-state index contributed by atoms with van der Waals surface area (Å²) >= 11 is 0. The van der Waals surface area contributed by atoms with Gasteiger partial charge in [-0.3, -0.25) is 0 Å². The van der Waals surface area contributed by atoms with Crippen LogP contribution >= 0.6 is 0 Å². The van der Waals surface area contributed by atoms with Crippen molar-refractivity contribution in [3.05, 3.63) is 23.8 Å². The Morgan fingerprint density at radius 1 is 1.33 bits per heavy atom. The first kappa shape index (κ1) is 13.1. The Labute approximate surface area is 105 Å². The summed E-state index contributed by atoms with van der Waals surface area (Å²) in [5.74, 6) is -2.51. The molecule has 1 aromatic carbocycles. The molecule has 0 radical (unpaired) electrons. The minimum Gasteiger partial charge on any atom is -0.493 e.